The van der Waals surface area contributed by atoms with Crippen LogP contribution in [0.4, 0.5) is 11.5 Å². The van der Waals surface area contributed by atoms with Gasteiger partial charge in [0.2, 0.25) is 0 Å². The molecule has 0 saturated carbocycles. The van der Waals surface area contributed by atoms with Gasteiger partial charge in [-0.1, -0.05) is 36.4 Å². The van der Waals surface area contributed by atoms with E-state index >= 15 is 0 Å². The molecule has 1 amide bonds. The number of nitrogens with one attached hydrogen (secondary N) is 2. The number of carbonyl (C=O) groups is 1. The third-order valence-electron chi connectivity index (χ3n) is 3.23. The lowest BCUT2D eigenvalue weighted by molar-refractivity contribution is 0.0946. The lowest BCUT2D eigenvalue weighted by Gasteiger charge is -2.08. The average molecular weight is 304 g/mol. The van der Waals surface area contributed by atoms with Crippen LogP contribution < -0.4 is 10.6 Å². The minimum Gasteiger partial charge on any atom is -0.347 e. The average Bonchev–Trinajstić information content (AvgIpc) is 2.62. The number of hydrogen-bond donors (Lipinski definition) is 2. The Hall–Kier alpha value is -3.21. The molecule has 3 rings (SSSR count). The van der Waals surface area contributed by atoms with Gasteiger partial charge in [-0.05, 0) is 29.8 Å². The highest BCUT2D eigenvalue weighted by molar-refractivity contribution is 5.92. The van der Waals surface area contributed by atoms with E-state index in [9.17, 15) is 4.79 Å². The molecule has 0 aliphatic heterocycles. The number of pyridine rings is 2. The van der Waals surface area contributed by atoms with Crippen LogP contribution in [0.5, 0.6) is 0 Å². The molecule has 2 N–H and O–H groups in total. The molecule has 3 aromatic rings. The molecule has 0 radical (unpaired) electrons. The highest BCUT2D eigenvalue weighted by Crippen LogP contribution is 2.13. The van der Waals surface area contributed by atoms with Crippen molar-refractivity contribution in [1.29, 1.82) is 0 Å². The van der Waals surface area contributed by atoms with E-state index in [4.69, 9.17) is 0 Å². The van der Waals surface area contributed by atoms with Crippen LogP contribution in [-0.4, -0.2) is 15.9 Å². The smallest absolute Gasteiger partial charge is 0.270 e. The van der Waals surface area contributed by atoms with E-state index in [-0.39, 0.29) is 5.91 Å². The summed E-state index contributed by atoms with van der Waals surface area (Å²) in [5, 5.41) is 6.01. The molecule has 5 nitrogen and oxygen atoms in total. The summed E-state index contributed by atoms with van der Waals surface area (Å²) in [6.07, 6.45) is 3.39. The molecule has 23 heavy (non-hydrogen) atoms. The largest absolute Gasteiger partial charge is 0.347 e. The number of rotatable bonds is 5. The zero-order valence-electron chi connectivity index (χ0n) is 12.4. The first-order valence-electron chi connectivity index (χ1n) is 7.27. The Labute approximate surface area is 134 Å². The van der Waals surface area contributed by atoms with Crippen molar-refractivity contribution < 1.29 is 4.79 Å². The Morgan fingerprint density at radius 2 is 1.70 bits per heavy atom. The molecule has 0 saturated heterocycles. The second-order valence-corrected chi connectivity index (χ2v) is 4.94. The van der Waals surface area contributed by atoms with Crippen LogP contribution in [0.2, 0.25) is 0 Å². The lowest BCUT2D eigenvalue weighted by atomic mass is 10.2. The number of carbonyl (C=O) groups excluding carboxylic acids is 1. The molecule has 0 aliphatic carbocycles. The van der Waals surface area contributed by atoms with E-state index in [1.165, 1.54) is 0 Å². The number of aromatic nitrogens is 2. The zero-order chi connectivity index (χ0) is 15.9. The molecule has 1 aromatic carbocycles. The lowest BCUT2D eigenvalue weighted by Crippen LogP contribution is -2.23. The standard InChI is InChI=1S/C18H16N4O/c23-18(20-13-14-5-2-1-3-6-14)16-7-4-8-17(22-16)21-15-9-11-19-12-10-15/h1-12H,13H2,(H,20,23)(H,19,21,22). The first-order chi connectivity index (χ1) is 11.3. The van der Waals surface area contributed by atoms with Crippen molar-refractivity contribution in [1.82, 2.24) is 15.3 Å². The second kappa shape index (κ2) is 7.17. The normalized spacial score (nSPS) is 10.1. The predicted molar refractivity (Wildman–Crippen MR) is 89.4 cm³/mol. The Morgan fingerprint density at radius 3 is 2.48 bits per heavy atom. The Balaban J connectivity index is 1.65. The third-order valence-corrected chi connectivity index (χ3v) is 3.23. The maximum Gasteiger partial charge on any atom is 0.270 e. The Bertz CT molecular complexity index is 775. The van der Waals surface area contributed by atoms with Crippen LogP contribution >= 0.6 is 0 Å². The van der Waals surface area contributed by atoms with E-state index < -0.39 is 0 Å². The molecule has 2 heterocycles. The van der Waals surface area contributed by atoms with Gasteiger partial charge < -0.3 is 10.6 Å². The van der Waals surface area contributed by atoms with Crippen LogP contribution in [0, 0.1) is 0 Å². The van der Waals surface area contributed by atoms with Crippen molar-refractivity contribution >= 4 is 17.4 Å². The zero-order valence-corrected chi connectivity index (χ0v) is 12.4. The molecular weight excluding hydrogens is 288 g/mol. The van der Waals surface area contributed by atoms with Crippen molar-refractivity contribution in [2.24, 2.45) is 0 Å². The van der Waals surface area contributed by atoms with Crippen molar-refractivity contribution in [2.45, 2.75) is 6.54 Å². The van der Waals surface area contributed by atoms with E-state index in [1.807, 2.05) is 48.5 Å². The summed E-state index contributed by atoms with van der Waals surface area (Å²) < 4.78 is 0. The number of nitrogens with zero attached hydrogens (tertiary/aromatic N) is 2. The summed E-state index contributed by atoms with van der Waals surface area (Å²) >= 11 is 0. The van der Waals surface area contributed by atoms with Gasteiger partial charge in [-0.25, -0.2) is 4.98 Å². The Kier molecular flexibility index (Phi) is 4.59. The SMILES string of the molecule is O=C(NCc1ccccc1)c1cccc(Nc2ccncc2)n1. The summed E-state index contributed by atoms with van der Waals surface area (Å²) in [5.74, 6) is 0.413. The molecule has 0 spiro atoms. The van der Waals surface area contributed by atoms with Gasteiger partial charge in [-0.2, -0.15) is 0 Å². The molecule has 2 aromatic heterocycles. The van der Waals surface area contributed by atoms with Crippen LogP contribution in [0.3, 0.4) is 0 Å². The molecule has 114 valence electrons. The predicted octanol–water partition coefficient (Wildman–Crippen LogP) is 3.15. The highest BCUT2D eigenvalue weighted by atomic mass is 16.1. The molecule has 0 fully saturated rings. The maximum atomic E-state index is 12.2. The van der Waals surface area contributed by atoms with Gasteiger partial charge >= 0.3 is 0 Å². The first kappa shape index (κ1) is 14.7. The number of amides is 1. The van der Waals surface area contributed by atoms with Crippen LogP contribution in [-0.2, 0) is 6.54 Å². The molecule has 0 bridgehead atoms. The van der Waals surface area contributed by atoms with Gasteiger partial charge in [0.05, 0.1) is 0 Å². The van der Waals surface area contributed by atoms with Gasteiger partial charge in [0.1, 0.15) is 11.5 Å². The number of hydrogen-bond acceptors (Lipinski definition) is 4. The van der Waals surface area contributed by atoms with E-state index in [2.05, 4.69) is 20.6 Å². The van der Waals surface area contributed by atoms with Crippen molar-refractivity contribution in [3.8, 4) is 0 Å². The summed E-state index contributed by atoms with van der Waals surface area (Å²) in [6, 6.07) is 18.7. The summed E-state index contributed by atoms with van der Waals surface area (Å²) in [5.41, 5.74) is 2.29. The molecule has 0 atom stereocenters. The van der Waals surface area contributed by atoms with Crippen LogP contribution in [0.1, 0.15) is 16.1 Å². The van der Waals surface area contributed by atoms with Crippen LogP contribution in [0.15, 0.2) is 73.1 Å². The topological polar surface area (TPSA) is 66.9 Å². The quantitative estimate of drug-likeness (QED) is 0.760. The second-order valence-electron chi connectivity index (χ2n) is 4.94. The summed E-state index contributed by atoms with van der Waals surface area (Å²) in [4.78, 5) is 20.5. The fraction of sp³-hybridized carbons (Fsp3) is 0.0556. The fourth-order valence-electron chi connectivity index (χ4n) is 2.08. The summed E-state index contributed by atoms with van der Waals surface area (Å²) in [6.45, 7) is 0.476. The van der Waals surface area contributed by atoms with Crippen molar-refractivity contribution in [2.75, 3.05) is 5.32 Å². The third kappa shape index (κ3) is 4.14. The monoisotopic (exact) mass is 304 g/mol. The van der Waals surface area contributed by atoms with E-state index in [0.717, 1.165) is 11.3 Å². The fourth-order valence-corrected chi connectivity index (χ4v) is 2.08. The number of anilines is 2. The maximum absolute atomic E-state index is 12.2. The van der Waals surface area contributed by atoms with Gasteiger partial charge in [-0.3, -0.25) is 9.78 Å². The summed E-state index contributed by atoms with van der Waals surface area (Å²) in [7, 11) is 0. The van der Waals surface area contributed by atoms with Gasteiger partial charge in [0.25, 0.3) is 5.91 Å². The van der Waals surface area contributed by atoms with Crippen LogP contribution in [0.25, 0.3) is 0 Å². The van der Waals surface area contributed by atoms with Gasteiger partial charge in [0.15, 0.2) is 0 Å². The molecular formula is C18H16N4O. The minimum atomic E-state index is -0.202. The van der Waals surface area contributed by atoms with Gasteiger partial charge in [0, 0.05) is 24.6 Å². The Morgan fingerprint density at radius 1 is 0.913 bits per heavy atom. The van der Waals surface area contributed by atoms with E-state index in [1.54, 1.807) is 24.5 Å². The van der Waals surface area contributed by atoms with Crippen molar-refractivity contribution in [3.63, 3.8) is 0 Å². The first-order valence-corrected chi connectivity index (χ1v) is 7.27. The molecule has 5 heteroatoms. The molecule has 0 unspecified atom stereocenters. The van der Waals surface area contributed by atoms with Crippen molar-refractivity contribution in [3.05, 3.63) is 84.3 Å². The minimum absolute atomic E-state index is 0.202. The molecule has 0 aliphatic rings. The number of benzene rings is 1. The highest BCUT2D eigenvalue weighted by Gasteiger charge is 2.07. The van der Waals surface area contributed by atoms with E-state index in [0.29, 0.717) is 18.1 Å². The van der Waals surface area contributed by atoms with Gasteiger partial charge in [-0.15, -0.1) is 0 Å².